The summed E-state index contributed by atoms with van der Waals surface area (Å²) in [5, 5.41) is 0. The zero-order chi connectivity index (χ0) is 12.3. The third-order valence-electron chi connectivity index (χ3n) is 2.17. The Morgan fingerprint density at radius 2 is 1.19 bits per heavy atom. The summed E-state index contributed by atoms with van der Waals surface area (Å²) in [4.78, 5) is 0. The smallest absolute Gasteiger partial charge is 0.240 e. The molecular formula is C12H28O3Si. The van der Waals surface area contributed by atoms with E-state index in [1.807, 2.05) is 0 Å². The maximum Gasteiger partial charge on any atom is 0.240 e. The molecular weight excluding hydrogens is 220 g/mol. The molecule has 0 atom stereocenters. The van der Waals surface area contributed by atoms with Crippen molar-refractivity contribution in [2.45, 2.75) is 46.6 Å². The van der Waals surface area contributed by atoms with E-state index in [-0.39, 0.29) is 0 Å². The molecule has 0 aromatic heterocycles. The summed E-state index contributed by atoms with van der Waals surface area (Å²) in [5.41, 5.74) is 0. The molecule has 4 heteroatoms. The van der Waals surface area contributed by atoms with E-state index in [0.29, 0.717) is 0 Å². The summed E-state index contributed by atoms with van der Waals surface area (Å²) in [6.45, 7) is 11.1. The van der Waals surface area contributed by atoms with Gasteiger partial charge in [0.15, 0.2) is 0 Å². The molecule has 0 aliphatic rings. The molecule has 0 amide bonds. The second-order valence-electron chi connectivity index (χ2n) is 4.40. The predicted molar refractivity (Wildman–Crippen MR) is 70.1 cm³/mol. The van der Waals surface area contributed by atoms with Gasteiger partial charge in [-0.25, -0.2) is 0 Å². The van der Waals surface area contributed by atoms with Crippen molar-refractivity contribution in [3.63, 3.8) is 0 Å². The quantitative estimate of drug-likeness (QED) is 0.416. The van der Waals surface area contributed by atoms with Crippen LogP contribution in [0.15, 0.2) is 0 Å². The van der Waals surface area contributed by atoms with Gasteiger partial charge in [0.05, 0.1) is 12.5 Å². The van der Waals surface area contributed by atoms with Crippen molar-refractivity contribution >= 4 is 8.32 Å². The molecule has 0 unspecified atom stereocenters. The normalized spacial score (nSPS) is 12.0. The predicted octanol–water partition coefficient (Wildman–Crippen LogP) is 2.92. The molecule has 0 N–H and O–H groups in total. The summed E-state index contributed by atoms with van der Waals surface area (Å²) < 4.78 is 17.2. The zero-order valence-corrected chi connectivity index (χ0v) is 12.4. The van der Waals surface area contributed by atoms with Crippen LogP contribution in [0.2, 0.25) is 6.55 Å². The van der Waals surface area contributed by atoms with Crippen LogP contribution < -0.4 is 0 Å². The van der Waals surface area contributed by atoms with E-state index >= 15 is 0 Å². The van der Waals surface area contributed by atoms with E-state index < -0.39 is 8.32 Å². The van der Waals surface area contributed by atoms with Crippen LogP contribution in [0.4, 0.5) is 0 Å². The molecule has 0 aromatic rings. The van der Waals surface area contributed by atoms with Gasteiger partial charge in [-0.2, -0.15) is 0 Å². The highest BCUT2D eigenvalue weighted by atomic mass is 28.4. The van der Waals surface area contributed by atoms with Gasteiger partial charge in [-0.15, -0.1) is 0 Å². The molecule has 0 saturated heterocycles. The average Bonchev–Trinajstić information content (AvgIpc) is 2.27. The van der Waals surface area contributed by atoms with E-state index in [0.717, 1.165) is 51.5 Å². The maximum absolute atomic E-state index is 5.96. The molecule has 0 heterocycles. The van der Waals surface area contributed by atoms with Crippen molar-refractivity contribution in [1.82, 2.24) is 0 Å². The van der Waals surface area contributed by atoms with Crippen LogP contribution in [0.3, 0.4) is 0 Å². The molecule has 0 aliphatic heterocycles. The van der Waals surface area contributed by atoms with Crippen LogP contribution in [-0.2, 0) is 13.9 Å². The zero-order valence-electron chi connectivity index (χ0n) is 11.4. The summed E-state index contributed by atoms with van der Waals surface area (Å²) in [6.07, 6.45) is 4.70. The molecule has 0 spiro atoms. The lowest BCUT2D eigenvalue weighted by Crippen LogP contribution is -2.46. The molecule has 0 fully saturated rings. The van der Waals surface area contributed by atoms with Crippen LogP contribution in [-0.4, -0.2) is 40.6 Å². The Balaban J connectivity index is 3.91. The summed E-state index contributed by atoms with van der Waals surface area (Å²) >= 11 is 0. The first-order chi connectivity index (χ1) is 7.68. The third-order valence-corrected chi connectivity index (χ3v) is 4.70. The van der Waals surface area contributed by atoms with Crippen molar-refractivity contribution in [3.8, 4) is 0 Å². The van der Waals surface area contributed by atoms with Crippen LogP contribution >= 0.6 is 0 Å². The van der Waals surface area contributed by atoms with Crippen molar-refractivity contribution in [2.75, 3.05) is 32.3 Å². The Morgan fingerprint density at radius 1 is 0.750 bits per heavy atom. The minimum Gasteiger partial charge on any atom is -0.412 e. The van der Waals surface area contributed by atoms with Gasteiger partial charge in [-0.05, 0) is 25.8 Å². The van der Waals surface area contributed by atoms with Crippen LogP contribution in [0.25, 0.3) is 0 Å². The van der Waals surface area contributed by atoms with Crippen molar-refractivity contribution in [3.05, 3.63) is 0 Å². The first kappa shape index (κ1) is 16.1. The van der Waals surface area contributed by atoms with Gasteiger partial charge in [0.1, 0.15) is 0 Å². The molecule has 3 nitrogen and oxygen atoms in total. The van der Waals surface area contributed by atoms with Gasteiger partial charge in [0.2, 0.25) is 8.32 Å². The number of hydrogen-bond acceptors (Lipinski definition) is 3. The van der Waals surface area contributed by atoms with E-state index in [2.05, 4.69) is 27.3 Å². The van der Waals surface area contributed by atoms with E-state index in [1.54, 1.807) is 0 Å². The van der Waals surface area contributed by atoms with Crippen molar-refractivity contribution in [1.29, 1.82) is 0 Å². The van der Waals surface area contributed by atoms with Gasteiger partial charge in [0, 0.05) is 19.8 Å². The minimum absolute atomic E-state index is 0.755. The summed E-state index contributed by atoms with van der Waals surface area (Å²) in [5.74, 6) is 0. The highest BCUT2D eigenvalue weighted by Crippen LogP contribution is 2.08. The average molecular weight is 248 g/mol. The van der Waals surface area contributed by atoms with Gasteiger partial charge < -0.3 is 13.9 Å². The second kappa shape index (κ2) is 10.3. The van der Waals surface area contributed by atoms with Crippen LogP contribution in [0.1, 0.15) is 40.0 Å². The monoisotopic (exact) mass is 248 g/mol. The summed E-state index contributed by atoms with van der Waals surface area (Å²) in [7, 11) is -1.79. The Hall–Kier alpha value is 0.0969. The maximum atomic E-state index is 5.96. The standard InChI is InChI=1S/C12H28O3Si/c1-5-8-13-11-16(4,15-10-7-3)12-14-9-6-2/h5-12H2,1-4H3. The fourth-order valence-corrected chi connectivity index (χ4v) is 3.44. The lowest BCUT2D eigenvalue weighted by Gasteiger charge is -2.26. The molecule has 0 radical (unpaired) electrons. The highest BCUT2D eigenvalue weighted by Gasteiger charge is 2.29. The fourth-order valence-electron chi connectivity index (χ4n) is 1.34. The molecule has 0 bridgehead atoms. The lowest BCUT2D eigenvalue weighted by atomic mass is 10.5. The second-order valence-corrected chi connectivity index (χ2v) is 8.17. The molecule has 98 valence electrons. The highest BCUT2D eigenvalue weighted by molar-refractivity contribution is 6.72. The van der Waals surface area contributed by atoms with Crippen molar-refractivity contribution in [2.24, 2.45) is 0 Å². The van der Waals surface area contributed by atoms with Crippen LogP contribution in [0.5, 0.6) is 0 Å². The van der Waals surface area contributed by atoms with Gasteiger partial charge in [0.25, 0.3) is 0 Å². The molecule has 0 rings (SSSR count). The number of ether oxygens (including phenoxy) is 2. The van der Waals surface area contributed by atoms with E-state index in [9.17, 15) is 0 Å². The largest absolute Gasteiger partial charge is 0.412 e. The Bertz CT molecular complexity index is 143. The van der Waals surface area contributed by atoms with Crippen LogP contribution in [0, 0.1) is 0 Å². The topological polar surface area (TPSA) is 27.7 Å². The SMILES string of the molecule is CCCOC[Si](C)(COCCC)OCCC. The Morgan fingerprint density at radius 3 is 1.56 bits per heavy atom. The van der Waals surface area contributed by atoms with Gasteiger partial charge >= 0.3 is 0 Å². The fraction of sp³-hybridized carbons (Fsp3) is 1.00. The Labute approximate surface area is 102 Å². The van der Waals surface area contributed by atoms with Gasteiger partial charge in [-0.1, -0.05) is 20.8 Å². The third kappa shape index (κ3) is 8.27. The first-order valence-corrected chi connectivity index (χ1v) is 9.30. The molecule has 0 saturated carbocycles. The molecule has 0 aliphatic carbocycles. The van der Waals surface area contributed by atoms with E-state index in [1.165, 1.54) is 0 Å². The minimum atomic E-state index is -1.79. The lowest BCUT2D eigenvalue weighted by molar-refractivity contribution is 0.119. The van der Waals surface area contributed by atoms with Crippen molar-refractivity contribution < 1.29 is 13.9 Å². The molecule has 16 heavy (non-hydrogen) atoms. The number of rotatable bonds is 11. The summed E-state index contributed by atoms with van der Waals surface area (Å²) in [6, 6.07) is 0. The Kier molecular flexibility index (Phi) is 10.3. The number of hydrogen-bond donors (Lipinski definition) is 0. The molecule has 0 aromatic carbocycles. The van der Waals surface area contributed by atoms with Gasteiger partial charge in [-0.3, -0.25) is 0 Å². The first-order valence-electron chi connectivity index (χ1n) is 6.48. The van der Waals surface area contributed by atoms with E-state index in [4.69, 9.17) is 13.9 Å².